The molecule has 0 unspecified atom stereocenters. The minimum Gasteiger partial charge on any atom is -0.368 e. The zero-order valence-corrected chi connectivity index (χ0v) is 7.69. The van der Waals surface area contributed by atoms with E-state index in [1.54, 1.807) is 0 Å². The van der Waals surface area contributed by atoms with Crippen LogP contribution in [-0.4, -0.2) is 5.91 Å². The summed E-state index contributed by atoms with van der Waals surface area (Å²) in [6, 6.07) is 2.04. The van der Waals surface area contributed by atoms with Crippen molar-refractivity contribution in [1.29, 1.82) is 5.26 Å². The largest absolute Gasteiger partial charge is 0.368 e. The number of rotatable bonds is 1. The normalized spacial score (nSPS) is 20.2. The SMILES string of the molecule is Cl.N#CC1(C(N)=O)CCCCC1. The van der Waals surface area contributed by atoms with Gasteiger partial charge in [0.15, 0.2) is 0 Å². The highest BCUT2D eigenvalue weighted by molar-refractivity contribution is 5.85. The molecule has 0 bridgehead atoms. The van der Waals surface area contributed by atoms with Crippen LogP contribution in [-0.2, 0) is 4.79 Å². The maximum Gasteiger partial charge on any atom is 0.237 e. The number of nitrogens with zero attached hydrogens (tertiary/aromatic N) is 1. The van der Waals surface area contributed by atoms with Gasteiger partial charge in [0.05, 0.1) is 6.07 Å². The van der Waals surface area contributed by atoms with Crippen molar-refractivity contribution in [3.05, 3.63) is 0 Å². The van der Waals surface area contributed by atoms with E-state index in [9.17, 15) is 4.79 Å². The van der Waals surface area contributed by atoms with E-state index in [1.165, 1.54) is 0 Å². The molecule has 0 atom stereocenters. The van der Waals surface area contributed by atoms with Gasteiger partial charge in [-0.05, 0) is 12.8 Å². The maximum atomic E-state index is 10.9. The standard InChI is InChI=1S/C8H12N2O.ClH/c9-6-8(7(10)11)4-2-1-3-5-8;/h1-5H2,(H2,10,11);1H. The molecule has 1 rings (SSSR count). The summed E-state index contributed by atoms with van der Waals surface area (Å²) in [5, 5.41) is 8.76. The number of amides is 1. The van der Waals surface area contributed by atoms with E-state index in [1.807, 2.05) is 6.07 Å². The molecule has 1 aliphatic rings. The van der Waals surface area contributed by atoms with Gasteiger partial charge in [0, 0.05) is 0 Å². The van der Waals surface area contributed by atoms with E-state index in [-0.39, 0.29) is 12.4 Å². The molecular formula is C8H13ClN2O. The average molecular weight is 189 g/mol. The van der Waals surface area contributed by atoms with Gasteiger partial charge in [-0.1, -0.05) is 19.3 Å². The first-order valence-corrected chi connectivity index (χ1v) is 3.92. The maximum absolute atomic E-state index is 10.9. The highest BCUT2D eigenvalue weighted by Gasteiger charge is 2.37. The van der Waals surface area contributed by atoms with Crippen molar-refractivity contribution in [1.82, 2.24) is 0 Å². The Morgan fingerprint density at radius 3 is 2.08 bits per heavy atom. The molecule has 4 heteroatoms. The lowest BCUT2D eigenvalue weighted by Gasteiger charge is -2.26. The molecule has 12 heavy (non-hydrogen) atoms. The number of hydrogen-bond donors (Lipinski definition) is 1. The van der Waals surface area contributed by atoms with Crippen molar-refractivity contribution < 1.29 is 4.79 Å². The van der Waals surface area contributed by atoms with Crippen LogP contribution in [0.15, 0.2) is 0 Å². The van der Waals surface area contributed by atoms with Crippen molar-refractivity contribution in [3.8, 4) is 6.07 Å². The van der Waals surface area contributed by atoms with Crippen LogP contribution in [0.25, 0.3) is 0 Å². The van der Waals surface area contributed by atoms with Gasteiger partial charge in [0.1, 0.15) is 5.41 Å². The van der Waals surface area contributed by atoms with Crippen molar-refractivity contribution in [2.75, 3.05) is 0 Å². The first kappa shape index (κ1) is 11.2. The fraction of sp³-hybridized carbons (Fsp3) is 0.750. The number of nitrogens with two attached hydrogens (primary N) is 1. The molecule has 0 aliphatic heterocycles. The van der Waals surface area contributed by atoms with Crippen LogP contribution in [0.3, 0.4) is 0 Å². The Labute approximate surface area is 78.3 Å². The van der Waals surface area contributed by atoms with Crippen LogP contribution in [0, 0.1) is 16.7 Å². The first-order chi connectivity index (χ1) is 5.21. The van der Waals surface area contributed by atoms with Crippen molar-refractivity contribution in [2.45, 2.75) is 32.1 Å². The molecule has 0 heterocycles. The summed E-state index contributed by atoms with van der Waals surface area (Å²) in [6.07, 6.45) is 4.33. The van der Waals surface area contributed by atoms with E-state index in [0.717, 1.165) is 19.3 Å². The van der Waals surface area contributed by atoms with Gasteiger partial charge >= 0.3 is 0 Å². The molecule has 3 nitrogen and oxygen atoms in total. The molecule has 2 N–H and O–H groups in total. The number of nitriles is 1. The minimum absolute atomic E-state index is 0. The fourth-order valence-electron chi connectivity index (χ4n) is 1.57. The quantitative estimate of drug-likeness (QED) is 0.676. The molecule has 1 amide bonds. The summed E-state index contributed by atoms with van der Waals surface area (Å²) in [5.41, 5.74) is 4.32. The number of halogens is 1. The lowest BCUT2D eigenvalue weighted by atomic mass is 9.75. The Morgan fingerprint density at radius 2 is 1.83 bits per heavy atom. The van der Waals surface area contributed by atoms with Gasteiger partial charge in [-0.2, -0.15) is 5.26 Å². The topological polar surface area (TPSA) is 66.9 Å². The third-order valence-electron chi connectivity index (χ3n) is 2.39. The molecular weight excluding hydrogens is 176 g/mol. The molecule has 1 saturated carbocycles. The fourth-order valence-corrected chi connectivity index (χ4v) is 1.57. The molecule has 1 aliphatic carbocycles. The first-order valence-electron chi connectivity index (χ1n) is 3.92. The third kappa shape index (κ3) is 1.89. The zero-order chi connectivity index (χ0) is 8.32. The van der Waals surface area contributed by atoms with Crippen molar-refractivity contribution >= 4 is 18.3 Å². The van der Waals surface area contributed by atoms with E-state index < -0.39 is 11.3 Å². The smallest absolute Gasteiger partial charge is 0.237 e. The van der Waals surface area contributed by atoms with Crippen LogP contribution in [0.1, 0.15) is 32.1 Å². The van der Waals surface area contributed by atoms with Gasteiger partial charge in [-0.3, -0.25) is 4.79 Å². The second-order valence-corrected chi connectivity index (χ2v) is 3.12. The summed E-state index contributed by atoms with van der Waals surface area (Å²) in [5.74, 6) is -0.445. The van der Waals surface area contributed by atoms with E-state index >= 15 is 0 Å². The van der Waals surface area contributed by atoms with Gasteiger partial charge in [0.2, 0.25) is 5.91 Å². The predicted octanol–water partition coefficient (Wildman–Crippen LogP) is 1.37. The average Bonchev–Trinajstić information content (AvgIpc) is 2.05. The van der Waals surface area contributed by atoms with Gasteiger partial charge < -0.3 is 5.73 Å². The Bertz CT molecular complexity index is 204. The highest BCUT2D eigenvalue weighted by atomic mass is 35.5. The lowest BCUT2D eigenvalue weighted by Crippen LogP contribution is -2.37. The Balaban J connectivity index is 0.00000121. The molecule has 68 valence electrons. The van der Waals surface area contributed by atoms with Crippen molar-refractivity contribution in [2.24, 2.45) is 11.1 Å². The third-order valence-corrected chi connectivity index (χ3v) is 2.39. The summed E-state index contributed by atoms with van der Waals surface area (Å²) >= 11 is 0. The molecule has 0 spiro atoms. The number of carbonyl (C=O) groups excluding carboxylic acids is 1. The summed E-state index contributed by atoms with van der Waals surface area (Å²) in [6.45, 7) is 0. The van der Waals surface area contributed by atoms with Crippen LogP contribution < -0.4 is 5.73 Å². The van der Waals surface area contributed by atoms with E-state index in [0.29, 0.717) is 12.8 Å². The zero-order valence-electron chi connectivity index (χ0n) is 6.88. The molecule has 0 radical (unpaired) electrons. The number of primary amides is 1. The Hall–Kier alpha value is -0.750. The molecule has 0 aromatic carbocycles. The van der Waals surface area contributed by atoms with Gasteiger partial charge in [-0.25, -0.2) is 0 Å². The van der Waals surface area contributed by atoms with Gasteiger partial charge in [-0.15, -0.1) is 12.4 Å². The Morgan fingerprint density at radius 1 is 1.33 bits per heavy atom. The highest BCUT2D eigenvalue weighted by Crippen LogP contribution is 2.34. The lowest BCUT2D eigenvalue weighted by molar-refractivity contribution is -0.126. The van der Waals surface area contributed by atoms with Crippen LogP contribution in [0.4, 0.5) is 0 Å². The van der Waals surface area contributed by atoms with Crippen LogP contribution in [0.2, 0.25) is 0 Å². The summed E-state index contributed by atoms with van der Waals surface area (Å²) in [7, 11) is 0. The summed E-state index contributed by atoms with van der Waals surface area (Å²) < 4.78 is 0. The van der Waals surface area contributed by atoms with Gasteiger partial charge in [0.25, 0.3) is 0 Å². The molecule has 0 aromatic rings. The number of hydrogen-bond acceptors (Lipinski definition) is 2. The second kappa shape index (κ2) is 4.32. The van der Waals surface area contributed by atoms with Crippen LogP contribution in [0.5, 0.6) is 0 Å². The van der Waals surface area contributed by atoms with Crippen molar-refractivity contribution in [3.63, 3.8) is 0 Å². The molecule has 0 aromatic heterocycles. The predicted molar refractivity (Wildman–Crippen MR) is 47.6 cm³/mol. The van der Waals surface area contributed by atoms with E-state index in [2.05, 4.69) is 0 Å². The molecule has 0 saturated heterocycles. The Kier molecular flexibility index (Phi) is 4.05. The van der Waals surface area contributed by atoms with Crippen LogP contribution >= 0.6 is 12.4 Å². The second-order valence-electron chi connectivity index (χ2n) is 3.12. The van der Waals surface area contributed by atoms with E-state index in [4.69, 9.17) is 11.0 Å². The molecule has 1 fully saturated rings. The monoisotopic (exact) mass is 188 g/mol. The summed E-state index contributed by atoms with van der Waals surface area (Å²) in [4.78, 5) is 10.9. The number of carbonyl (C=O) groups is 1. The minimum atomic E-state index is -0.835.